The first-order chi connectivity index (χ1) is 12.3. The number of carbonyl (C=O) groups is 1. The van der Waals surface area contributed by atoms with E-state index in [1.807, 2.05) is 6.92 Å². The fraction of sp³-hybridized carbons (Fsp3) is 0.632. The smallest absolute Gasteiger partial charge is 0.243 e. The van der Waals surface area contributed by atoms with Crippen LogP contribution in [0.2, 0.25) is 0 Å². The number of nitrogens with zero attached hydrogens (tertiary/aromatic N) is 1. The Bertz CT molecular complexity index is 701. The summed E-state index contributed by atoms with van der Waals surface area (Å²) in [4.78, 5) is 12.8. The number of benzene rings is 1. The summed E-state index contributed by atoms with van der Waals surface area (Å²) in [6.45, 7) is 6.88. The molecule has 0 bridgehead atoms. The van der Waals surface area contributed by atoms with Crippen LogP contribution in [-0.4, -0.2) is 44.9 Å². The van der Waals surface area contributed by atoms with Crippen LogP contribution in [0.5, 0.6) is 5.75 Å². The molecule has 26 heavy (non-hydrogen) atoms. The topological polar surface area (TPSA) is 75.7 Å². The minimum atomic E-state index is -3.61. The quantitative estimate of drug-likeness (QED) is 0.787. The molecule has 1 aromatic rings. The van der Waals surface area contributed by atoms with Gasteiger partial charge in [0.05, 0.1) is 17.9 Å². The third-order valence-electron chi connectivity index (χ3n) is 5.02. The Morgan fingerprint density at radius 2 is 1.96 bits per heavy atom. The lowest BCUT2D eigenvalue weighted by atomic mass is 9.96. The Labute approximate surface area is 157 Å². The monoisotopic (exact) mass is 382 g/mol. The van der Waals surface area contributed by atoms with Crippen molar-refractivity contribution in [1.82, 2.24) is 9.62 Å². The van der Waals surface area contributed by atoms with E-state index in [2.05, 4.69) is 19.2 Å². The summed E-state index contributed by atoms with van der Waals surface area (Å²) >= 11 is 0. The van der Waals surface area contributed by atoms with Crippen LogP contribution >= 0.6 is 0 Å². The van der Waals surface area contributed by atoms with Crippen LogP contribution in [0.1, 0.15) is 40.0 Å². The van der Waals surface area contributed by atoms with Crippen molar-refractivity contribution in [2.24, 2.45) is 11.8 Å². The van der Waals surface area contributed by atoms with Gasteiger partial charge in [0.1, 0.15) is 5.75 Å². The number of piperidine rings is 1. The normalized spacial score (nSPS) is 20.0. The second-order valence-electron chi connectivity index (χ2n) is 7.15. The van der Waals surface area contributed by atoms with Crippen LogP contribution in [0, 0.1) is 11.8 Å². The zero-order chi connectivity index (χ0) is 19.3. The maximum atomic E-state index is 12.9. The number of ether oxygens (including phenoxy) is 1. The van der Waals surface area contributed by atoms with Crippen molar-refractivity contribution in [3.8, 4) is 5.75 Å². The Morgan fingerprint density at radius 1 is 1.31 bits per heavy atom. The molecule has 0 saturated carbocycles. The van der Waals surface area contributed by atoms with Crippen molar-refractivity contribution in [3.63, 3.8) is 0 Å². The predicted molar refractivity (Wildman–Crippen MR) is 102 cm³/mol. The van der Waals surface area contributed by atoms with E-state index in [1.54, 1.807) is 24.3 Å². The van der Waals surface area contributed by atoms with Crippen LogP contribution < -0.4 is 10.1 Å². The van der Waals surface area contributed by atoms with Crippen molar-refractivity contribution in [3.05, 3.63) is 24.3 Å². The molecule has 1 aromatic carbocycles. The third-order valence-corrected chi connectivity index (χ3v) is 6.90. The molecular formula is C19H30N2O4S. The number of methoxy groups -OCH3 is 1. The minimum absolute atomic E-state index is 0.0415. The van der Waals surface area contributed by atoms with E-state index in [0.717, 1.165) is 12.8 Å². The highest BCUT2D eigenvalue weighted by Gasteiger charge is 2.34. The highest BCUT2D eigenvalue weighted by molar-refractivity contribution is 7.89. The van der Waals surface area contributed by atoms with Crippen molar-refractivity contribution in [2.75, 3.05) is 20.2 Å². The van der Waals surface area contributed by atoms with Gasteiger partial charge in [-0.1, -0.05) is 20.8 Å². The van der Waals surface area contributed by atoms with Gasteiger partial charge in [-0.05, 0) is 49.4 Å². The van der Waals surface area contributed by atoms with E-state index >= 15 is 0 Å². The maximum absolute atomic E-state index is 12.9. The third kappa shape index (κ3) is 4.76. The fourth-order valence-electron chi connectivity index (χ4n) is 3.31. The van der Waals surface area contributed by atoms with Gasteiger partial charge in [0.25, 0.3) is 0 Å². The molecule has 2 unspecified atom stereocenters. The summed E-state index contributed by atoms with van der Waals surface area (Å²) in [5.41, 5.74) is 0. The van der Waals surface area contributed by atoms with Crippen LogP contribution in [0.3, 0.4) is 0 Å². The number of amides is 1. The van der Waals surface area contributed by atoms with Gasteiger partial charge in [0, 0.05) is 19.1 Å². The predicted octanol–water partition coefficient (Wildman–Crippen LogP) is 2.65. The van der Waals surface area contributed by atoms with E-state index in [4.69, 9.17) is 4.74 Å². The molecule has 6 nitrogen and oxygen atoms in total. The standard InChI is InChI=1S/C19H30N2O4S/c1-5-18(14(2)3)20-19(22)15-7-6-12-21(13-15)26(23,24)17-10-8-16(25-4)9-11-17/h8-11,14-15,18H,5-7,12-13H2,1-4H3,(H,20,22). The molecule has 2 atom stereocenters. The van der Waals surface area contributed by atoms with Gasteiger partial charge < -0.3 is 10.1 Å². The van der Waals surface area contributed by atoms with Crippen molar-refractivity contribution in [1.29, 1.82) is 0 Å². The first-order valence-electron chi connectivity index (χ1n) is 9.24. The molecule has 146 valence electrons. The summed E-state index contributed by atoms with van der Waals surface area (Å²) in [6, 6.07) is 6.48. The SMILES string of the molecule is CCC(NC(=O)C1CCCN(S(=O)(=O)c2ccc(OC)cc2)C1)C(C)C. The zero-order valence-electron chi connectivity index (χ0n) is 16.1. The highest BCUT2D eigenvalue weighted by atomic mass is 32.2. The Morgan fingerprint density at radius 3 is 2.50 bits per heavy atom. The molecule has 7 heteroatoms. The molecule has 0 aliphatic carbocycles. The average molecular weight is 383 g/mol. The summed E-state index contributed by atoms with van der Waals surface area (Å²) in [5, 5.41) is 3.09. The molecule has 1 N–H and O–H groups in total. The Balaban J connectivity index is 2.09. The number of rotatable bonds is 7. The molecule has 0 aromatic heterocycles. The van der Waals surface area contributed by atoms with Gasteiger partial charge in [-0.15, -0.1) is 0 Å². The van der Waals surface area contributed by atoms with Gasteiger partial charge in [0.15, 0.2) is 0 Å². The lowest BCUT2D eigenvalue weighted by Gasteiger charge is -2.32. The second-order valence-corrected chi connectivity index (χ2v) is 9.08. The van der Waals surface area contributed by atoms with Crippen molar-refractivity contribution in [2.45, 2.75) is 51.0 Å². The lowest BCUT2D eigenvalue weighted by molar-refractivity contribution is -0.127. The van der Waals surface area contributed by atoms with Gasteiger partial charge in [-0.25, -0.2) is 8.42 Å². The van der Waals surface area contributed by atoms with E-state index in [-0.39, 0.29) is 29.3 Å². The molecule has 1 amide bonds. The van der Waals surface area contributed by atoms with Crippen LogP contribution in [0.4, 0.5) is 0 Å². The van der Waals surface area contributed by atoms with E-state index < -0.39 is 10.0 Å². The molecule has 0 radical (unpaired) electrons. The molecule has 1 fully saturated rings. The number of nitrogens with one attached hydrogen (secondary N) is 1. The van der Waals surface area contributed by atoms with Crippen LogP contribution in [0.15, 0.2) is 29.2 Å². The number of carbonyl (C=O) groups excluding carboxylic acids is 1. The molecule has 1 saturated heterocycles. The van der Waals surface area contributed by atoms with E-state index in [9.17, 15) is 13.2 Å². The van der Waals surface area contributed by atoms with Crippen LogP contribution in [0.25, 0.3) is 0 Å². The van der Waals surface area contributed by atoms with Gasteiger partial charge in [0.2, 0.25) is 15.9 Å². The van der Waals surface area contributed by atoms with Gasteiger partial charge >= 0.3 is 0 Å². The minimum Gasteiger partial charge on any atom is -0.497 e. The Kier molecular flexibility index (Phi) is 7.06. The number of hydrogen-bond donors (Lipinski definition) is 1. The maximum Gasteiger partial charge on any atom is 0.243 e. The fourth-order valence-corrected chi connectivity index (χ4v) is 4.84. The largest absolute Gasteiger partial charge is 0.497 e. The summed E-state index contributed by atoms with van der Waals surface area (Å²) in [5.74, 6) is 0.621. The average Bonchev–Trinajstić information content (AvgIpc) is 2.65. The molecular weight excluding hydrogens is 352 g/mol. The van der Waals surface area contributed by atoms with Crippen molar-refractivity contribution >= 4 is 15.9 Å². The van der Waals surface area contributed by atoms with E-state index in [1.165, 1.54) is 11.4 Å². The van der Waals surface area contributed by atoms with Crippen molar-refractivity contribution < 1.29 is 17.9 Å². The van der Waals surface area contributed by atoms with Crippen LogP contribution in [-0.2, 0) is 14.8 Å². The summed E-state index contributed by atoms with van der Waals surface area (Å²) in [7, 11) is -2.07. The molecule has 1 aliphatic heterocycles. The lowest BCUT2D eigenvalue weighted by Crippen LogP contribution is -2.48. The molecule has 1 heterocycles. The van der Waals surface area contributed by atoms with Gasteiger partial charge in [-0.3, -0.25) is 4.79 Å². The highest BCUT2D eigenvalue weighted by Crippen LogP contribution is 2.25. The summed E-state index contributed by atoms with van der Waals surface area (Å²) in [6.07, 6.45) is 2.27. The molecule has 0 spiro atoms. The number of hydrogen-bond acceptors (Lipinski definition) is 4. The first kappa shape index (κ1) is 20.7. The zero-order valence-corrected chi connectivity index (χ0v) is 16.9. The molecule has 2 rings (SSSR count). The number of sulfonamides is 1. The van der Waals surface area contributed by atoms with Gasteiger partial charge in [-0.2, -0.15) is 4.31 Å². The molecule has 1 aliphatic rings. The first-order valence-corrected chi connectivity index (χ1v) is 10.7. The second kappa shape index (κ2) is 8.86. The van der Waals surface area contributed by atoms with E-state index in [0.29, 0.717) is 24.6 Å². The Hall–Kier alpha value is -1.60. The summed E-state index contributed by atoms with van der Waals surface area (Å²) < 4.78 is 32.3.